The minimum absolute atomic E-state index is 0.734. The van der Waals surface area contributed by atoms with Crippen LogP contribution in [-0.4, -0.2) is 31.1 Å². The predicted molar refractivity (Wildman–Crippen MR) is 104 cm³/mol. The van der Waals surface area contributed by atoms with Gasteiger partial charge in [-0.3, -0.25) is 0 Å². The Balaban J connectivity index is 2.27. The predicted octanol–water partition coefficient (Wildman–Crippen LogP) is 5.57. The summed E-state index contributed by atoms with van der Waals surface area (Å²) in [6.07, 6.45) is 4.82. The van der Waals surface area contributed by atoms with E-state index in [9.17, 15) is 0 Å². The summed E-state index contributed by atoms with van der Waals surface area (Å²) in [4.78, 5) is 7.90. The maximum Gasteiger partial charge on any atom is 0.0909 e. The minimum Gasteiger partial charge on any atom is -0.366 e. The van der Waals surface area contributed by atoms with E-state index in [1.165, 1.54) is 21.6 Å². The number of thioether (sulfide) groups is 1. The van der Waals surface area contributed by atoms with E-state index in [-0.39, 0.29) is 0 Å². The van der Waals surface area contributed by atoms with Crippen molar-refractivity contribution in [2.45, 2.75) is 25.2 Å². The van der Waals surface area contributed by atoms with Crippen molar-refractivity contribution in [1.82, 2.24) is 4.90 Å². The van der Waals surface area contributed by atoms with Crippen molar-refractivity contribution in [3.05, 3.63) is 58.1 Å². The zero-order valence-corrected chi connectivity index (χ0v) is 15.7. The van der Waals surface area contributed by atoms with Gasteiger partial charge in [0.15, 0.2) is 0 Å². The number of aliphatic imine (C=N–C) groups is 1. The van der Waals surface area contributed by atoms with Crippen molar-refractivity contribution < 1.29 is 0 Å². The summed E-state index contributed by atoms with van der Waals surface area (Å²) in [6, 6.07) is 12.7. The van der Waals surface area contributed by atoms with E-state index in [1.807, 2.05) is 30.4 Å². The molecule has 0 unspecified atom stereocenters. The van der Waals surface area contributed by atoms with Gasteiger partial charge in [0.05, 0.1) is 12.0 Å². The molecule has 0 spiro atoms. The molecule has 2 aromatic carbocycles. The third-order valence-corrected chi connectivity index (χ3v) is 4.86. The van der Waals surface area contributed by atoms with Gasteiger partial charge in [0.1, 0.15) is 0 Å². The summed E-state index contributed by atoms with van der Waals surface area (Å²) in [5, 5.41) is 0.734. The molecule has 0 saturated heterocycles. The Kier molecular flexibility index (Phi) is 6.55. The molecule has 0 radical (unpaired) electrons. The molecule has 0 aromatic heterocycles. The van der Waals surface area contributed by atoms with Gasteiger partial charge in [0.2, 0.25) is 0 Å². The summed E-state index contributed by atoms with van der Waals surface area (Å²) in [6.45, 7) is 5.14. The molecule has 0 aliphatic rings. The Morgan fingerprint density at radius 1 is 1.22 bits per heavy atom. The van der Waals surface area contributed by atoms with E-state index in [0.29, 0.717) is 0 Å². The Hall–Kier alpha value is -1.45. The summed E-state index contributed by atoms with van der Waals surface area (Å²) in [5.41, 5.74) is 4.63. The Labute approximate surface area is 148 Å². The highest BCUT2D eigenvalue weighted by molar-refractivity contribution is 7.98. The van der Waals surface area contributed by atoms with Gasteiger partial charge in [-0.25, -0.2) is 4.99 Å². The maximum absolute atomic E-state index is 6.29. The summed E-state index contributed by atoms with van der Waals surface area (Å²) >= 11 is 8.05. The lowest BCUT2D eigenvalue weighted by Gasteiger charge is -2.12. The van der Waals surface area contributed by atoms with Crippen LogP contribution in [0.2, 0.25) is 5.02 Å². The molecule has 0 amide bonds. The Morgan fingerprint density at radius 2 is 1.91 bits per heavy atom. The van der Waals surface area contributed by atoms with Gasteiger partial charge in [-0.15, -0.1) is 11.8 Å². The van der Waals surface area contributed by atoms with Gasteiger partial charge < -0.3 is 4.90 Å². The van der Waals surface area contributed by atoms with Crippen molar-refractivity contribution in [3.8, 4) is 0 Å². The molecule has 23 heavy (non-hydrogen) atoms. The largest absolute Gasteiger partial charge is 0.366 e. The van der Waals surface area contributed by atoms with E-state index in [1.54, 1.807) is 11.8 Å². The number of hydrogen-bond donors (Lipinski definition) is 0. The first kappa shape index (κ1) is 17.9. The third-order valence-electron chi connectivity index (χ3n) is 3.90. The molecule has 0 aliphatic carbocycles. The lowest BCUT2D eigenvalue weighted by Crippen LogP contribution is -2.14. The SMILES string of the molecule is CCN(C)C=Nc1cc(Cl)cc(Cc2ccc(SC)cc2)c1C. The monoisotopic (exact) mass is 346 g/mol. The Bertz CT molecular complexity index is 681. The number of benzene rings is 2. The smallest absolute Gasteiger partial charge is 0.0909 e. The second-order valence-corrected chi connectivity index (χ2v) is 6.87. The van der Waals surface area contributed by atoms with E-state index < -0.39 is 0 Å². The standard InChI is InChI=1S/C19H23ClN2S/c1-5-22(3)13-21-19-12-17(20)11-16(14(19)2)10-15-6-8-18(23-4)9-7-15/h6-9,11-13H,5,10H2,1-4H3. The maximum atomic E-state index is 6.29. The molecular formula is C19H23ClN2S. The van der Waals surface area contributed by atoms with Crippen molar-refractivity contribution in [2.24, 2.45) is 4.99 Å². The minimum atomic E-state index is 0.734. The Morgan fingerprint density at radius 3 is 2.52 bits per heavy atom. The first-order chi connectivity index (χ1) is 11.0. The van der Waals surface area contributed by atoms with Crippen LogP contribution < -0.4 is 0 Å². The molecule has 2 nitrogen and oxygen atoms in total. The van der Waals surface area contributed by atoms with Crippen molar-refractivity contribution in [1.29, 1.82) is 0 Å². The van der Waals surface area contributed by atoms with Gasteiger partial charge >= 0.3 is 0 Å². The third kappa shape index (κ3) is 5.02. The number of hydrogen-bond acceptors (Lipinski definition) is 2. The first-order valence-electron chi connectivity index (χ1n) is 7.70. The van der Waals surface area contributed by atoms with E-state index >= 15 is 0 Å². The topological polar surface area (TPSA) is 15.6 Å². The molecule has 0 saturated carbocycles. The molecule has 4 heteroatoms. The van der Waals surface area contributed by atoms with Crippen LogP contribution in [0.4, 0.5) is 5.69 Å². The van der Waals surface area contributed by atoms with Crippen LogP contribution in [0, 0.1) is 6.92 Å². The molecule has 0 N–H and O–H groups in total. The lowest BCUT2D eigenvalue weighted by atomic mass is 9.99. The van der Waals surface area contributed by atoms with E-state index in [0.717, 1.165) is 23.7 Å². The van der Waals surface area contributed by atoms with Crippen LogP contribution in [0.1, 0.15) is 23.6 Å². The van der Waals surface area contributed by atoms with Gasteiger partial charge in [0.25, 0.3) is 0 Å². The second kappa shape index (κ2) is 8.42. The molecule has 122 valence electrons. The highest BCUT2D eigenvalue weighted by Crippen LogP contribution is 2.29. The van der Waals surface area contributed by atoms with Crippen LogP contribution in [-0.2, 0) is 6.42 Å². The summed E-state index contributed by atoms with van der Waals surface area (Å²) in [7, 11) is 2.01. The van der Waals surface area contributed by atoms with Crippen molar-refractivity contribution in [3.63, 3.8) is 0 Å². The number of rotatable bonds is 6. The summed E-state index contributed by atoms with van der Waals surface area (Å²) in [5.74, 6) is 0. The highest BCUT2D eigenvalue weighted by atomic mass is 35.5. The molecule has 0 heterocycles. The van der Waals surface area contributed by atoms with E-state index in [4.69, 9.17) is 11.6 Å². The van der Waals surface area contributed by atoms with Gasteiger partial charge in [-0.05, 0) is 67.5 Å². The highest BCUT2D eigenvalue weighted by Gasteiger charge is 2.07. The normalized spacial score (nSPS) is 11.2. The average molecular weight is 347 g/mol. The molecule has 0 aliphatic heterocycles. The van der Waals surface area contributed by atoms with Gasteiger partial charge in [-0.2, -0.15) is 0 Å². The van der Waals surface area contributed by atoms with Gasteiger partial charge in [-0.1, -0.05) is 23.7 Å². The second-order valence-electron chi connectivity index (χ2n) is 5.55. The molecule has 0 fully saturated rings. The quantitative estimate of drug-likeness (QED) is 0.386. The molecule has 0 bridgehead atoms. The molecule has 2 aromatic rings. The molecule has 2 rings (SSSR count). The molecular weight excluding hydrogens is 324 g/mol. The average Bonchev–Trinajstić information content (AvgIpc) is 2.56. The van der Waals surface area contributed by atoms with Gasteiger partial charge in [0, 0.05) is 23.5 Å². The van der Waals surface area contributed by atoms with Crippen LogP contribution >= 0.6 is 23.4 Å². The number of nitrogens with zero attached hydrogens (tertiary/aromatic N) is 2. The first-order valence-corrected chi connectivity index (χ1v) is 9.30. The van der Waals surface area contributed by atoms with Crippen LogP contribution in [0.15, 0.2) is 46.3 Å². The number of halogens is 1. The lowest BCUT2D eigenvalue weighted by molar-refractivity contribution is 0.552. The van der Waals surface area contributed by atoms with Crippen molar-refractivity contribution in [2.75, 3.05) is 19.8 Å². The fourth-order valence-corrected chi connectivity index (χ4v) is 2.89. The summed E-state index contributed by atoms with van der Waals surface area (Å²) < 4.78 is 0. The van der Waals surface area contributed by atoms with Crippen LogP contribution in [0.3, 0.4) is 0 Å². The van der Waals surface area contributed by atoms with Crippen LogP contribution in [0.25, 0.3) is 0 Å². The van der Waals surface area contributed by atoms with E-state index in [2.05, 4.69) is 49.4 Å². The van der Waals surface area contributed by atoms with Crippen LogP contribution in [0.5, 0.6) is 0 Å². The van der Waals surface area contributed by atoms with Crippen molar-refractivity contribution >= 4 is 35.4 Å². The fourth-order valence-electron chi connectivity index (χ4n) is 2.24. The molecule has 0 atom stereocenters. The zero-order chi connectivity index (χ0) is 16.8. The zero-order valence-electron chi connectivity index (χ0n) is 14.1. The fraction of sp³-hybridized carbons (Fsp3) is 0.316.